The molecule has 0 atom stereocenters. The van der Waals surface area contributed by atoms with E-state index in [-0.39, 0.29) is 17.9 Å². The molecule has 20 heavy (non-hydrogen) atoms. The average Bonchev–Trinajstić information content (AvgIpc) is 2.40. The second-order valence-corrected chi connectivity index (χ2v) is 4.45. The van der Waals surface area contributed by atoms with E-state index in [1.165, 1.54) is 23.1 Å². The third-order valence-electron chi connectivity index (χ3n) is 2.87. The first-order chi connectivity index (χ1) is 9.47. The van der Waals surface area contributed by atoms with E-state index in [1.807, 2.05) is 0 Å². The van der Waals surface area contributed by atoms with Crippen LogP contribution in [0.5, 0.6) is 5.75 Å². The Balaban J connectivity index is 2.14. The Morgan fingerprint density at radius 1 is 1.10 bits per heavy atom. The number of rotatable bonds is 3. The molecule has 1 N–H and O–H groups in total. The van der Waals surface area contributed by atoms with Crippen LogP contribution in [0.25, 0.3) is 0 Å². The average molecular weight is 277 g/mol. The summed E-state index contributed by atoms with van der Waals surface area (Å²) in [6, 6.07) is 8.99. The van der Waals surface area contributed by atoms with E-state index in [0.717, 1.165) is 17.7 Å². The standard InChI is InChI=1S/C15H13F2NO2/c1-18(9-10-2-4-11(16)5-3-10)15(20)13-7-6-12(17)8-14(13)19/h2-8,19H,9H2,1H3. The summed E-state index contributed by atoms with van der Waals surface area (Å²) in [5, 5.41) is 9.58. The van der Waals surface area contributed by atoms with Crippen LogP contribution in [0.15, 0.2) is 42.5 Å². The number of nitrogens with zero attached hydrogens (tertiary/aromatic N) is 1. The van der Waals surface area contributed by atoms with Crippen LogP contribution in [0.4, 0.5) is 8.78 Å². The maximum absolute atomic E-state index is 12.9. The lowest BCUT2D eigenvalue weighted by Gasteiger charge is -2.18. The fourth-order valence-electron chi connectivity index (χ4n) is 1.83. The number of hydrogen-bond acceptors (Lipinski definition) is 2. The Morgan fingerprint density at radius 3 is 2.30 bits per heavy atom. The van der Waals surface area contributed by atoms with Gasteiger partial charge in [-0.25, -0.2) is 8.78 Å². The van der Waals surface area contributed by atoms with Crippen LogP contribution in [0.1, 0.15) is 15.9 Å². The largest absolute Gasteiger partial charge is 0.507 e. The van der Waals surface area contributed by atoms with Crippen molar-refractivity contribution in [3.05, 3.63) is 65.2 Å². The molecule has 0 bridgehead atoms. The Bertz CT molecular complexity index is 626. The van der Waals surface area contributed by atoms with Crippen molar-refractivity contribution in [2.24, 2.45) is 0 Å². The van der Waals surface area contributed by atoms with E-state index >= 15 is 0 Å². The molecule has 0 radical (unpaired) electrons. The first-order valence-corrected chi connectivity index (χ1v) is 5.96. The van der Waals surface area contributed by atoms with Crippen molar-refractivity contribution in [1.82, 2.24) is 4.90 Å². The topological polar surface area (TPSA) is 40.5 Å². The van der Waals surface area contributed by atoms with Gasteiger partial charge in [0.15, 0.2) is 0 Å². The number of halogens is 2. The fraction of sp³-hybridized carbons (Fsp3) is 0.133. The molecule has 0 heterocycles. The molecule has 0 saturated carbocycles. The lowest BCUT2D eigenvalue weighted by Crippen LogP contribution is -2.26. The van der Waals surface area contributed by atoms with Crippen molar-refractivity contribution in [3.63, 3.8) is 0 Å². The molecule has 2 aromatic carbocycles. The highest BCUT2D eigenvalue weighted by atomic mass is 19.1. The monoisotopic (exact) mass is 277 g/mol. The van der Waals surface area contributed by atoms with E-state index in [0.29, 0.717) is 0 Å². The second-order valence-electron chi connectivity index (χ2n) is 4.45. The SMILES string of the molecule is CN(Cc1ccc(F)cc1)C(=O)c1ccc(F)cc1O. The Hall–Kier alpha value is -2.43. The smallest absolute Gasteiger partial charge is 0.257 e. The fourth-order valence-corrected chi connectivity index (χ4v) is 1.83. The van der Waals surface area contributed by atoms with Crippen molar-refractivity contribution >= 4 is 5.91 Å². The Kier molecular flexibility index (Phi) is 3.98. The lowest BCUT2D eigenvalue weighted by atomic mass is 10.1. The number of hydrogen-bond donors (Lipinski definition) is 1. The van der Waals surface area contributed by atoms with Gasteiger partial charge in [-0.2, -0.15) is 0 Å². The molecule has 5 heteroatoms. The molecule has 2 aromatic rings. The third kappa shape index (κ3) is 3.12. The predicted molar refractivity (Wildman–Crippen MR) is 70.3 cm³/mol. The summed E-state index contributed by atoms with van der Waals surface area (Å²) in [5.41, 5.74) is 0.778. The summed E-state index contributed by atoms with van der Waals surface area (Å²) in [6.45, 7) is 0.260. The van der Waals surface area contributed by atoms with Crippen LogP contribution in [0, 0.1) is 11.6 Å². The van der Waals surface area contributed by atoms with Gasteiger partial charge in [0.1, 0.15) is 17.4 Å². The maximum atomic E-state index is 12.9. The number of benzene rings is 2. The highest BCUT2D eigenvalue weighted by Gasteiger charge is 2.16. The van der Waals surface area contributed by atoms with Gasteiger partial charge in [-0.1, -0.05) is 12.1 Å². The van der Waals surface area contributed by atoms with Gasteiger partial charge in [-0.15, -0.1) is 0 Å². The quantitative estimate of drug-likeness (QED) is 0.937. The summed E-state index contributed by atoms with van der Waals surface area (Å²) in [7, 11) is 1.55. The van der Waals surface area contributed by atoms with E-state index in [2.05, 4.69) is 0 Å². The number of carbonyl (C=O) groups excluding carboxylic acids is 1. The second kappa shape index (κ2) is 5.69. The minimum absolute atomic E-state index is 0.0241. The molecule has 2 rings (SSSR count). The molecule has 0 aliphatic rings. The summed E-state index contributed by atoms with van der Waals surface area (Å²) in [6.07, 6.45) is 0. The van der Waals surface area contributed by atoms with Gasteiger partial charge in [-0.05, 0) is 29.8 Å². The number of phenols is 1. The van der Waals surface area contributed by atoms with E-state index < -0.39 is 17.5 Å². The van der Waals surface area contributed by atoms with E-state index in [4.69, 9.17) is 0 Å². The molecule has 0 fully saturated rings. The van der Waals surface area contributed by atoms with Crippen molar-refractivity contribution < 1.29 is 18.7 Å². The zero-order valence-electron chi connectivity index (χ0n) is 10.8. The molecular weight excluding hydrogens is 264 g/mol. The zero-order chi connectivity index (χ0) is 14.7. The minimum atomic E-state index is -0.611. The van der Waals surface area contributed by atoms with Crippen LogP contribution < -0.4 is 0 Å². The molecule has 0 saturated heterocycles. The normalized spacial score (nSPS) is 10.3. The Morgan fingerprint density at radius 2 is 1.70 bits per heavy atom. The predicted octanol–water partition coefficient (Wildman–Crippen LogP) is 2.94. The molecule has 1 amide bonds. The zero-order valence-corrected chi connectivity index (χ0v) is 10.8. The maximum Gasteiger partial charge on any atom is 0.257 e. The van der Waals surface area contributed by atoms with Gasteiger partial charge >= 0.3 is 0 Å². The minimum Gasteiger partial charge on any atom is -0.507 e. The summed E-state index contributed by atoms with van der Waals surface area (Å²) in [5.74, 6) is -1.80. The summed E-state index contributed by atoms with van der Waals surface area (Å²) >= 11 is 0. The molecule has 3 nitrogen and oxygen atoms in total. The van der Waals surface area contributed by atoms with Gasteiger partial charge in [0.25, 0.3) is 5.91 Å². The van der Waals surface area contributed by atoms with Crippen molar-refractivity contribution in [2.45, 2.75) is 6.54 Å². The molecule has 104 valence electrons. The van der Waals surface area contributed by atoms with Crippen LogP contribution >= 0.6 is 0 Å². The number of aromatic hydroxyl groups is 1. The van der Waals surface area contributed by atoms with Crippen LogP contribution in [-0.2, 0) is 6.54 Å². The van der Waals surface area contributed by atoms with Crippen LogP contribution in [0.3, 0.4) is 0 Å². The van der Waals surface area contributed by atoms with E-state index in [1.54, 1.807) is 19.2 Å². The molecule has 0 unspecified atom stereocenters. The van der Waals surface area contributed by atoms with Gasteiger partial charge < -0.3 is 10.0 Å². The first kappa shape index (κ1) is 14.0. The van der Waals surface area contributed by atoms with Gasteiger partial charge in [0.2, 0.25) is 0 Å². The van der Waals surface area contributed by atoms with Crippen molar-refractivity contribution in [1.29, 1.82) is 0 Å². The van der Waals surface area contributed by atoms with Crippen molar-refractivity contribution in [2.75, 3.05) is 7.05 Å². The van der Waals surface area contributed by atoms with Gasteiger partial charge in [0, 0.05) is 19.7 Å². The molecule has 0 aliphatic heterocycles. The highest BCUT2D eigenvalue weighted by molar-refractivity contribution is 5.96. The number of amides is 1. The van der Waals surface area contributed by atoms with Crippen molar-refractivity contribution in [3.8, 4) is 5.75 Å². The molecule has 0 aliphatic carbocycles. The third-order valence-corrected chi connectivity index (χ3v) is 2.87. The molecular formula is C15H13F2NO2. The summed E-state index contributed by atoms with van der Waals surface area (Å²) < 4.78 is 25.7. The molecule has 0 spiro atoms. The van der Waals surface area contributed by atoms with Gasteiger partial charge in [-0.3, -0.25) is 4.79 Å². The van der Waals surface area contributed by atoms with E-state index in [9.17, 15) is 18.7 Å². The number of phenolic OH excluding ortho intramolecular Hbond substituents is 1. The number of carbonyl (C=O) groups is 1. The van der Waals surface area contributed by atoms with Gasteiger partial charge in [0.05, 0.1) is 5.56 Å². The molecule has 0 aromatic heterocycles. The summed E-state index contributed by atoms with van der Waals surface area (Å²) in [4.78, 5) is 13.5. The highest BCUT2D eigenvalue weighted by Crippen LogP contribution is 2.20. The van der Waals surface area contributed by atoms with Crippen LogP contribution in [0.2, 0.25) is 0 Å². The lowest BCUT2D eigenvalue weighted by molar-refractivity contribution is 0.0782. The van der Waals surface area contributed by atoms with Crippen LogP contribution in [-0.4, -0.2) is 23.0 Å². The Labute approximate surface area is 115 Å². The first-order valence-electron chi connectivity index (χ1n) is 5.96.